The number of carbonyl (C=O) groups is 1. The first-order valence-electron chi connectivity index (χ1n) is 9.78. The molecule has 1 unspecified atom stereocenters. The molecule has 0 saturated carbocycles. The SMILES string of the molecule is Cc1cnc2c(S(=O)(=O)N3CCC(N4CCCC4C(N)=O)CC3)cccc2c1. The number of sulfonamides is 1. The van der Waals surface area contributed by atoms with E-state index in [-0.39, 0.29) is 22.9 Å². The van der Waals surface area contributed by atoms with Crippen LogP contribution in [0.1, 0.15) is 31.2 Å². The molecule has 0 bridgehead atoms. The van der Waals surface area contributed by atoms with E-state index in [9.17, 15) is 13.2 Å². The Hall–Kier alpha value is -2.03. The monoisotopic (exact) mass is 402 g/mol. The van der Waals surface area contributed by atoms with E-state index in [1.165, 1.54) is 0 Å². The number of fused-ring (bicyclic) bond motifs is 1. The van der Waals surface area contributed by atoms with Crippen LogP contribution in [0.4, 0.5) is 0 Å². The van der Waals surface area contributed by atoms with Gasteiger partial charge in [-0.05, 0) is 56.8 Å². The van der Waals surface area contributed by atoms with Crippen molar-refractivity contribution in [2.24, 2.45) is 5.73 Å². The maximum Gasteiger partial charge on any atom is 0.245 e. The molecule has 7 nitrogen and oxygen atoms in total. The van der Waals surface area contributed by atoms with E-state index in [4.69, 9.17) is 5.73 Å². The molecule has 0 spiro atoms. The summed E-state index contributed by atoms with van der Waals surface area (Å²) in [5, 5.41) is 0.831. The predicted molar refractivity (Wildman–Crippen MR) is 107 cm³/mol. The van der Waals surface area contributed by atoms with Crippen LogP contribution in [0.2, 0.25) is 0 Å². The van der Waals surface area contributed by atoms with E-state index < -0.39 is 10.0 Å². The molecule has 150 valence electrons. The van der Waals surface area contributed by atoms with Crippen LogP contribution >= 0.6 is 0 Å². The van der Waals surface area contributed by atoms with Crippen LogP contribution in [0, 0.1) is 6.92 Å². The lowest BCUT2D eigenvalue weighted by molar-refractivity contribution is -0.123. The highest BCUT2D eigenvalue weighted by Crippen LogP contribution is 2.30. The summed E-state index contributed by atoms with van der Waals surface area (Å²) in [6.07, 6.45) is 4.88. The Balaban J connectivity index is 1.54. The van der Waals surface area contributed by atoms with Crippen LogP contribution in [0.3, 0.4) is 0 Å². The molecule has 1 aromatic heterocycles. The smallest absolute Gasteiger partial charge is 0.245 e. The molecule has 3 heterocycles. The average Bonchev–Trinajstić information content (AvgIpc) is 3.17. The Kier molecular flexibility index (Phi) is 5.11. The van der Waals surface area contributed by atoms with Crippen LogP contribution in [0.5, 0.6) is 0 Å². The second-order valence-electron chi connectivity index (χ2n) is 7.77. The van der Waals surface area contributed by atoms with Crippen molar-refractivity contribution in [1.29, 1.82) is 0 Å². The van der Waals surface area contributed by atoms with Gasteiger partial charge < -0.3 is 5.73 Å². The van der Waals surface area contributed by atoms with Gasteiger partial charge in [-0.25, -0.2) is 8.42 Å². The van der Waals surface area contributed by atoms with Gasteiger partial charge in [0.2, 0.25) is 15.9 Å². The summed E-state index contributed by atoms with van der Waals surface area (Å²) >= 11 is 0. The molecule has 2 N–H and O–H groups in total. The van der Waals surface area contributed by atoms with Gasteiger partial charge in [0.25, 0.3) is 0 Å². The van der Waals surface area contributed by atoms with Crippen molar-refractivity contribution >= 4 is 26.8 Å². The van der Waals surface area contributed by atoms with E-state index in [1.807, 2.05) is 19.1 Å². The van der Waals surface area contributed by atoms with E-state index in [1.54, 1.807) is 22.6 Å². The normalized spacial score (nSPS) is 22.7. The first kappa shape index (κ1) is 19.3. The average molecular weight is 403 g/mol. The Bertz CT molecular complexity index is 1000. The number of piperidine rings is 1. The maximum absolute atomic E-state index is 13.3. The lowest BCUT2D eigenvalue weighted by Gasteiger charge is -2.38. The second kappa shape index (κ2) is 7.42. The lowest BCUT2D eigenvalue weighted by atomic mass is 10.0. The number of pyridine rings is 1. The van der Waals surface area contributed by atoms with Crippen molar-refractivity contribution in [2.75, 3.05) is 19.6 Å². The molecule has 1 atom stereocenters. The summed E-state index contributed by atoms with van der Waals surface area (Å²) in [5.74, 6) is -0.273. The molecular formula is C20H26N4O3S. The molecule has 0 aliphatic carbocycles. The number of carbonyl (C=O) groups excluding carboxylic acids is 1. The Labute approximate surface area is 165 Å². The van der Waals surface area contributed by atoms with Crippen LogP contribution < -0.4 is 5.73 Å². The highest BCUT2D eigenvalue weighted by Gasteiger charge is 2.38. The van der Waals surface area contributed by atoms with Crippen LogP contribution in [-0.4, -0.2) is 60.2 Å². The number of nitrogens with two attached hydrogens (primary N) is 1. The standard InChI is InChI=1S/C20H26N4O3S/c1-14-12-15-4-2-6-18(19(15)22-13-14)28(26,27)23-10-7-16(8-11-23)24-9-3-5-17(24)20(21)25/h2,4,6,12-13,16-17H,3,5,7-11H2,1H3,(H2,21,25). The fourth-order valence-electron chi connectivity index (χ4n) is 4.54. The molecule has 8 heteroatoms. The fraction of sp³-hybridized carbons (Fsp3) is 0.500. The number of primary amides is 1. The maximum atomic E-state index is 13.3. The molecule has 4 rings (SSSR count). The van der Waals surface area contributed by atoms with Gasteiger partial charge in [0.1, 0.15) is 4.90 Å². The lowest BCUT2D eigenvalue weighted by Crippen LogP contribution is -2.51. The molecule has 28 heavy (non-hydrogen) atoms. The quantitative estimate of drug-likeness (QED) is 0.839. The zero-order valence-corrected chi connectivity index (χ0v) is 16.9. The summed E-state index contributed by atoms with van der Waals surface area (Å²) in [6.45, 7) is 3.68. The molecule has 1 aromatic carbocycles. The molecule has 2 saturated heterocycles. The first-order chi connectivity index (χ1) is 13.4. The van der Waals surface area contributed by atoms with Crippen molar-refractivity contribution in [3.8, 4) is 0 Å². The highest BCUT2D eigenvalue weighted by molar-refractivity contribution is 7.89. The number of amides is 1. The molecular weight excluding hydrogens is 376 g/mol. The third-order valence-corrected chi connectivity index (χ3v) is 7.87. The number of rotatable bonds is 4. The summed E-state index contributed by atoms with van der Waals surface area (Å²) in [4.78, 5) is 18.5. The highest BCUT2D eigenvalue weighted by atomic mass is 32.2. The molecule has 2 aliphatic heterocycles. The second-order valence-corrected chi connectivity index (χ2v) is 9.68. The Morgan fingerprint density at radius 1 is 1.18 bits per heavy atom. The topological polar surface area (TPSA) is 96.6 Å². The Morgan fingerprint density at radius 3 is 2.64 bits per heavy atom. The zero-order valence-electron chi connectivity index (χ0n) is 16.0. The van der Waals surface area contributed by atoms with Gasteiger partial charge in [0.15, 0.2) is 0 Å². The number of aromatic nitrogens is 1. The van der Waals surface area contributed by atoms with E-state index in [2.05, 4.69) is 9.88 Å². The fourth-order valence-corrected chi connectivity index (χ4v) is 6.17. The number of likely N-dealkylation sites (tertiary alicyclic amines) is 1. The number of benzene rings is 1. The van der Waals surface area contributed by atoms with Gasteiger partial charge in [-0.3, -0.25) is 14.7 Å². The predicted octanol–water partition coefficient (Wildman–Crippen LogP) is 1.65. The molecule has 0 radical (unpaired) electrons. The Morgan fingerprint density at radius 2 is 1.93 bits per heavy atom. The van der Waals surface area contributed by atoms with E-state index in [0.29, 0.717) is 31.4 Å². The number of aryl methyl sites for hydroxylation is 1. The number of para-hydroxylation sites is 1. The van der Waals surface area contributed by atoms with Gasteiger partial charge >= 0.3 is 0 Å². The summed E-state index contributed by atoms with van der Waals surface area (Å²) in [7, 11) is -3.62. The van der Waals surface area contributed by atoms with Gasteiger partial charge in [-0.15, -0.1) is 0 Å². The van der Waals surface area contributed by atoms with Gasteiger partial charge in [-0.2, -0.15) is 4.31 Å². The molecule has 1 amide bonds. The van der Waals surface area contributed by atoms with Crippen molar-refractivity contribution in [2.45, 2.75) is 49.6 Å². The van der Waals surface area contributed by atoms with Crippen molar-refractivity contribution in [3.05, 3.63) is 36.0 Å². The summed E-state index contributed by atoms with van der Waals surface area (Å²) in [6, 6.07) is 7.24. The van der Waals surface area contributed by atoms with Crippen molar-refractivity contribution in [3.63, 3.8) is 0 Å². The summed E-state index contributed by atoms with van der Waals surface area (Å²) < 4.78 is 28.1. The van der Waals surface area contributed by atoms with Crippen molar-refractivity contribution in [1.82, 2.24) is 14.2 Å². The third kappa shape index (κ3) is 3.40. The molecule has 2 aromatic rings. The van der Waals surface area contributed by atoms with Gasteiger partial charge in [-0.1, -0.05) is 12.1 Å². The third-order valence-electron chi connectivity index (χ3n) is 5.94. The van der Waals surface area contributed by atoms with E-state index >= 15 is 0 Å². The minimum Gasteiger partial charge on any atom is -0.368 e. The number of hydrogen-bond donors (Lipinski definition) is 1. The van der Waals surface area contributed by atoms with Gasteiger partial charge in [0, 0.05) is 30.7 Å². The minimum atomic E-state index is -3.62. The number of nitrogens with zero attached hydrogens (tertiary/aromatic N) is 3. The van der Waals surface area contributed by atoms with Crippen LogP contribution in [0.15, 0.2) is 35.4 Å². The largest absolute Gasteiger partial charge is 0.368 e. The van der Waals surface area contributed by atoms with Crippen molar-refractivity contribution < 1.29 is 13.2 Å². The molecule has 2 fully saturated rings. The van der Waals surface area contributed by atoms with Crippen LogP contribution in [0.25, 0.3) is 10.9 Å². The van der Waals surface area contributed by atoms with Gasteiger partial charge in [0.05, 0.1) is 11.6 Å². The first-order valence-corrected chi connectivity index (χ1v) is 11.2. The minimum absolute atomic E-state index is 0.208. The zero-order chi connectivity index (χ0) is 19.9. The number of hydrogen-bond acceptors (Lipinski definition) is 5. The molecule has 2 aliphatic rings. The van der Waals surface area contributed by atoms with E-state index in [0.717, 1.165) is 30.3 Å². The summed E-state index contributed by atoms with van der Waals surface area (Å²) in [5.41, 5.74) is 7.05. The van der Waals surface area contributed by atoms with Crippen LogP contribution in [-0.2, 0) is 14.8 Å².